The third kappa shape index (κ3) is 1.43. The van der Waals surface area contributed by atoms with E-state index in [1.165, 1.54) is 0 Å². The van der Waals surface area contributed by atoms with Gasteiger partial charge in [0.15, 0.2) is 0 Å². The quantitative estimate of drug-likeness (QED) is 0.686. The van der Waals surface area contributed by atoms with Crippen LogP contribution in [0.4, 0.5) is 0 Å². The minimum absolute atomic E-state index is 0.0528. The average Bonchev–Trinajstić information content (AvgIpc) is 2.57. The molecule has 2 aliphatic rings. The molecule has 0 amide bonds. The van der Waals surface area contributed by atoms with Crippen molar-refractivity contribution in [3.63, 3.8) is 0 Å². The lowest BCUT2D eigenvalue weighted by atomic mass is 9.78. The summed E-state index contributed by atoms with van der Waals surface area (Å²) < 4.78 is 17.2. The van der Waals surface area contributed by atoms with E-state index in [2.05, 4.69) is 0 Å². The zero-order chi connectivity index (χ0) is 11.1. The van der Waals surface area contributed by atoms with Gasteiger partial charge >= 0.3 is 7.12 Å². The molecule has 0 fully saturated rings. The third-order valence-corrected chi connectivity index (χ3v) is 2.99. The van der Waals surface area contributed by atoms with Gasteiger partial charge in [-0.1, -0.05) is 12.1 Å². The molecule has 84 valence electrons. The second-order valence-corrected chi connectivity index (χ2v) is 4.21. The smallest absolute Gasteiger partial charge is 0.489 e. The molecule has 16 heavy (non-hydrogen) atoms. The lowest BCUT2D eigenvalue weighted by molar-refractivity contribution is 0.113. The van der Waals surface area contributed by atoms with Crippen molar-refractivity contribution in [1.29, 1.82) is 0 Å². The van der Waals surface area contributed by atoms with E-state index >= 15 is 0 Å². The van der Waals surface area contributed by atoms with Gasteiger partial charge in [0.05, 0.1) is 12.7 Å². The van der Waals surface area contributed by atoms with Crippen LogP contribution in [0.15, 0.2) is 18.2 Å². The van der Waals surface area contributed by atoms with Crippen LogP contribution in [-0.4, -0.2) is 26.4 Å². The standard InChI is InChI=1S/C11H14BNO3/c1-7-6-14-12-11-8(10(5-13)16-12)3-2-4-9(11)15-7/h2-4,7,10H,5-6,13H2,1H3/t7?,10-/m1/s1. The highest BCUT2D eigenvalue weighted by molar-refractivity contribution is 6.64. The van der Waals surface area contributed by atoms with E-state index in [9.17, 15) is 0 Å². The number of ether oxygens (including phenoxy) is 1. The first kappa shape index (κ1) is 10.1. The Morgan fingerprint density at radius 2 is 2.38 bits per heavy atom. The lowest BCUT2D eigenvalue weighted by Crippen LogP contribution is -2.31. The van der Waals surface area contributed by atoms with Gasteiger partial charge in [-0.25, -0.2) is 0 Å². The van der Waals surface area contributed by atoms with E-state index in [0.717, 1.165) is 16.8 Å². The van der Waals surface area contributed by atoms with Crippen LogP contribution in [0.25, 0.3) is 0 Å². The summed E-state index contributed by atoms with van der Waals surface area (Å²) in [5, 5.41) is 0. The molecule has 2 N–H and O–H groups in total. The van der Waals surface area contributed by atoms with Crippen LogP contribution >= 0.6 is 0 Å². The summed E-state index contributed by atoms with van der Waals surface area (Å²) >= 11 is 0. The maximum atomic E-state index is 5.80. The van der Waals surface area contributed by atoms with Crippen LogP contribution in [-0.2, 0) is 9.31 Å². The SMILES string of the molecule is CC1COB2O[C@H](CN)c3cccc(c32)O1. The van der Waals surface area contributed by atoms with Gasteiger partial charge in [-0.3, -0.25) is 0 Å². The van der Waals surface area contributed by atoms with Crippen molar-refractivity contribution in [3.05, 3.63) is 23.8 Å². The Kier molecular flexibility index (Phi) is 2.39. The fraction of sp³-hybridized carbons (Fsp3) is 0.455. The molecule has 0 radical (unpaired) electrons. The maximum Gasteiger partial charge on any atom is 0.498 e. The first-order valence-electron chi connectivity index (χ1n) is 5.56. The minimum atomic E-state index is -0.315. The fourth-order valence-electron chi connectivity index (χ4n) is 2.27. The molecule has 0 aliphatic carbocycles. The van der Waals surface area contributed by atoms with Crippen LogP contribution in [0, 0.1) is 0 Å². The monoisotopic (exact) mass is 219 g/mol. The van der Waals surface area contributed by atoms with E-state index in [1.807, 2.05) is 25.1 Å². The van der Waals surface area contributed by atoms with Gasteiger partial charge in [-0.2, -0.15) is 0 Å². The normalized spacial score (nSPS) is 27.2. The first-order chi connectivity index (χ1) is 7.79. The lowest BCUT2D eigenvalue weighted by Gasteiger charge is -2.15. The summed E-state index contributed by atoms with van der Waals surface area (Å²) in [6, 6.07) is 5.96. The predicted molar refractivity (Wildman–Crippen MR) is 60.8 cm³/mol. The Morgan fingerprint density at radius 1 is 1.50 bits per heavy atom. The molecule has 5 heteroatoms. The van der Waals surface area contributed by atoms with Crippen molar-refractivity contribution in [3.8, 4) is 5.75 Å². The van der Waals surface area contributed by atoms with Gasteiger partial charge in [-0.05, 0) is 18.6 Å². The van der Waals surface area contributed by atoms with Crippen molar-refractivity contribution < 1.29 is 14.0 Å². The summed E-state index contributed by atoms with van der Waals surface area (Å²) in [5.74, 6) is 0.864. The molecule has 4 nitrogen and oxygen atoms in total. The van der Waals surface area contributed by atoms with Crippen molar-refractivity contribution in [2.75, 3.05) is 13.2 Å². The second kappa shape index (κ2) is 3.77. The number of nitrogens with two attached hydrogens (primary N) is 1. The van der Waals surface area contributed by atoms with Gasteiger partial charge in [0.1, 0.15) is 11.9 Å². The van der Waals surface area contributed by atoms with Crippen molar-refractivity contribution in [1.82, 2.24) is 0 Å². The Morgan fingerprint density at radius 3 is 3.19 bits per heavy atom. The number of benzene rings is 1. The Labute approximate surface area is 94.8 Å². The van der Waals surface area contributed by atoms with Crippen molar-refractivity contribution in [2.45, 2.75) is 19.1 Å². The number of rotatable bonds is 1. The van der Waals surface area contributed by atoms with Gasteiger partial charge in [-0.15, -0.1) is 0 Å². The molecule has 0 spiro atoms. The average molecular weight is 219 g/mol. The molecular weight excluding hydrogens is 205 g/mol. The van der Waals surface area contributed by atoms with E-state index in [-0.39, 0.29) is 19.3 Å². The van der Waals surface area contributed by atoms with Crippen molar-refractivity contribution in [2.24, 2.45) is 5.73 Å². The molecule has 3 rings (SSSR count). The highest BCUT2D eigenvalue weighted by Gasteiger charge is 2.41. The molecule has 0 saturated heterocycles. The van der Waals surface area contributed by atoms with Gasteiger partial charge < -0.3 is 19.8 Å². The van der Waals surface area contributed by atoms with E-state index in [4.69, 9.17) is 19.8 Å². The number of hydrogen-bond acceptors (Lipinski definition) is 4. The van der Waals surface area contributed by atoms with E-state index in [1.54, 1.807) is 0 Å². The summed E-state index contributed by atoms with van der Waals surface area (Å²) in [4.78, 5) is 0. The summed E-state index contributed by atoms with van der Waals surface area (Å²) in [6.07, 6.45) is -0.0195. The van der Waals surface area contributed by atoms with Crippen LogP contribution in [0.1, 0.15) is 18.6 Å². The maximum absolute atomic E-state index is 5.80. The van der Waals surface area contributed by atoms with Crippen molar-refractivity contribution >= 4 is 12.6 Å². The topological polar surface area (TPSA) is 53.7 Å². The van der Waals surface area contributed by atoms with Gasteiger partial charge in [0.2, 0.25) is 0 Å². The zero-order valence-electron chi connectivity index (χ0n) is 9.18. The molecule has 1 unspecified atom stereocenters. The molecule has 2 heterocycles. The Bertz CT molecular complexity index is 412. The second-order valence-electron chi connectivity index (χ2n) is 4.21. The minimum Gasteiger partial charge on any atom is -0.489 e. The Hall–Kier alpha value is -1.04. The highest BCUT2D eigenvalue weighted by Crippen LogP contribution is 2.30. The molecule has 1 aromatic rings. The summed E-state index contributed by atoms with van der Waals surface area (Å²) in [7, 11) is -0.315. The van der Waals surface area contributed by atoms with Crippen LogP contribution in [0.3, 0.4) is 0 Å². The fourth-order valence-corrected chi connectivity index (χ4v) is 2.27. The zero-order valence-corrected chi connectivity index (χ0v) is 9.18. The van der Waals surface area contributed by atoms with Gasteiger partial charge in [0, 0.05) is 12.0 Å². The van der Waals surface area contributed by atoms with Gasteiger partial charge in [0.25, 0.3) is 0 Å². The molecule has 0 aromatic heterocycles. The first-order valence-corrected chi connectivity index (χ1v) is 5.56. The van der Waals surface area contributed by atoms with E-state index in [0.29, 0.717) is 13.2 Å². The Balaban J connectivity index is 2.09. The molecule has 2 aliphatic heterocycles. The molecule has 1 aromatic carbocycles. The van der Waals surface area contributed by atoms with Crippen LogP contribution in [0.2, 0.25) is 0 Å². The van der Waals surface area contributed by atoms with Crippen LogP contribution in [0.5, 0.6) is 5.75 Å². The molecule has 0 saturated carbocycles. The highest BCUT2D eigenvalue weighted by atomic mass is 16.6. The molecular formula is C11H14BNO3. The largest absolute Gasteiger partial charge is 0.498 e. The molecule has 2 atom stereocenters. The summed E-state index contributed by atoms with van der Waals surface area (Å²) in [6.45, 7) is 2.99. The molecule has 0 bridgehead atoms. The number of hydrogen-bond donors (Lipinski definition) is 1. The van der Waals surface area contributed by atoms with Crippen LogP contribution < -0.4 is 15.9 Å². The van der Waals surface area contributed by atoms with E-state index < -0.39 is 0 Å². The third-order valence-electron chi connectivity index (χ3n) is 2.99. The summed E-state index contributed by atoms with van der Waals surface area (Å²) in [5.41, 5.74) is 7.79. The predicted octanol–water partition coefficient (Wildman–Crippen LogP) is 0.209.